The Balaban J connectivity index is 1.71. The zero-order valence-corrected chi connectivity index (χ0v) is 19.1. The van der Waals surface area contributed by atoms with Crippen molar-refractivity contribution >= 4 is 21.6 Å². The summed E-state index contributed by atoms with van der Waals surface area (Å²) in [4.78, 5) is 5.03. The Kier molecular flexibility index (Phi) is 4.89. The van der Waals surface area contributed by atoms with Crippen LogP contribution in [0.3, 0.4) is 0 Å². The Morgan fingerprint density at radius 2 is 1.30 bits per heavy atom. The van der Waals surface area contributed by atoms with Gasteiger partial charge < -0.3 is 4.57 Å². The first-order valence-corrected chi connectivity index (χ1v) is 11.9. The largest absolute Gasteiger partial charge is 0.309 e. The zero-order chi connectivity index (χ0) is 22.2. The number of aromatic nitrogens is 2. The predicted octanol–water partition coefficient (Wildman–Crippen LogP) is 8.40. The summed E-state index contributed by atoms with van der Waals surface area (Å²) in [5.41, 5.74) is 9.27. The highest BCUT2D eigenvalue weighted by Gasteiger charge is 2.22. The van der Waals surface area contributed by atoms with Gasteiger partial charge in [0.2, 0.25) is 0 Å². The lowest BCUT2D eigenvalue weighted by Gasteiger charge is -2.15. The molecule has 0 saturated carbocycles. The molecule has 0 saturated heterocycles. The van der Waals surface area contributed by atoms with Crippen LogP contribution in [-0.4, -0.2) is 9.55 Å². The third-order valence-electron chi connectivity index (χ3n) is 5.93. The van der Waals surface area contributed by atoms with Gasteiger partial charge in [0.1, 0.15) is 5.01 Å². The maximum atomic E-state index is 5.03. The molecule has 0 N–H and O–H groups in total. The van der Waals surface area contributed by atoms with Gasteiger partial charge >= 0.3 is 0 Å². The summed E-state index contributed by atoms with van der Waals surface area (Å²) in [5, 5.41) is 1.04. The van der Waals surface area contributed by atoms with Crippen molar-refractivity contribution in [2.45, 2.75) is 6.92 Å². The van der Waals surface area contributed by atoms with Crippen LogP contribution in [-0.2, 0) is 0 Å². The molecule has 0 spiro atoms. The molecule has 2 nitrogen and oxygen atoms in total. The van der Waals surface area contributed by atoms with E-state index in [1.165, 1.54) is 21.4 Å². The molecule has 158 valence electrons. The van der Waals surface area contributed by atoms with Crippen molar-refractivity contribution in [3.63, 3.8) is 0 Å². The number of thiazole rings is 1. The third kappa shape index (κ3) is 3.57. The van der Waals surface area contributed by atoms with E-state index >= 15 is 0 Å². The van der Waals surface area contributed by atoms with Crippen LogP contribution in [0.2, 0.25) is 0 Å². The number of hydrogen-bond donors (Lipinski definition) is 0. The number of para-hydroxylation sites is 1. The number of benzene rings is 4. The standard InChI is InChI=1S/C30H22N2S/c1-21-16-18-24(19-17-21)32-27(22-10-4-2-5-11-22)20-25(29(32)23-12-6-3-7-13-23)30-31-26-14-8-9-15-28(26)33-30/h2-20H,1H3. The van der Waals surface area contributed by atoms with Gasteiger partial charge in [0.05, 0.1) is 21.6 Å². The van der Waals surface area contributed by atoms with Crippen LogP contribution in [0.25, 0.3) is 49.0 Å². The number of nitrogens with zero attached hydrogens (tertiary/aromatic N) is 2. The molecule has 6 aromatic rings. The van der Waals surface area contributed by atoms with Crippen LogP contribution in [0, 0.1) is 6.92 Å². The highest BCUT2D eigenvalue weighted by molar-refractivity contribution is 7.21. The van der Waals surface area contributed by atoms with Crippen molar-refractivity contribution < 1.29 is 0 Å². The minimum atomic E-state index is 1.04. The van der Waals surface area contributed by atoms with Gasteiger partial charge in [-0.2, -0.15) is 0 Å². The molecule has 0 unspecified atom stereocenters. The van der Waals surface area contributed by atoms with Crippen molar-refractivity contribution in [2.24, 2.45) is 0 Å². The fourth-order valence-corrected chi connectivity index (χ4v) is 5.31. The van der Waals surface area contributed by atoms with Gasteiger partial charge in [-0.05, 0) is 48.4 Å². The van der Waals surface area contributed by atoms with Crippen LogP contribution in [0.5, 0.6) is 0 Å². The fraction of sp³-hybridized carbons (Fsp3) is 0.0333. The Bertz CT molecular complexity index is 1510. The van der Waals surface area contributed by atoms with Crippen molar-refractivity contribution in [2.75, 3.05) is 0 Å². The zero-order valence-electron chi connectivity index (χ0n) is 18.3. The lowest BCUT2D eigenvalue weighted by atomic mass is 10.1. The summed E-state index contributed by atoms with van der Waals surface area (Å²) in [5.74, 6) is 0. The molecule has 6 rings (SSSR count). The number of aryl methyl sites for hydroxylation is 1. The summed E-state index contributed by atoms with van der Waals surface area (Å²) >= 11 is 1.75. The highest BCUT2D eigenvalue weighted by Crippen LogP contribution is 2.43. The Morgan fingerprint density at radius 1 is 0.667 bits per heavy atom. The smallest absolute Gasteiger partial charge is 0.126 e. The molecule has 0 aliphatic rings. The number of fused-ring (bicyclic) bond motifs is 1. The SMILES string of the molecule is Cc1ccc(-n2c(-c3ccccc3)cc(-c3nc4ccccc4s3)c2-c2ccccc2)cc1. The average Bonchev–Trinajstić information content (AvgIpc) is 3.48. The van der Waals surface area contributed by atoms with Gasteiger partial charge in [-0.1, -0.05) is 90.5 Å². The minimum Gasteiger partial charge on any atom is -0.309 e. The predicted molar refractivity (Wildman–Crippen MR) is 140 cm³/mol. The second kappa shape index (κ2) is 8.19. The Morgan fingerprint density at radius 3 is 2.00 bits per heavy atom. The first-order chi connectivity index (χ1) is 16.3. The van der Waals surface area contributed by atoms with Crippen LogP contribution in [0.4, 0.5) is 0 Å². The van der Waals surface area contributed by atoms with Gasteiger partial charge in [0, 0.05) is 11.3 Å². The van der Waals surface area contributed by atoms with Crippen LogP contribution < -0.4 is 0 Å². The number of rotatable bonds is 4. The van der Waals surface area contributed by atoms with E-state index < -0.39 is 0 Å². The first-order valence-electron chi connectivity index (χ1n) is 11.1. The monoisotopic (exact) mass is 442 g/mol. The van der Waals surface area contributed by atoms with E-state index in [9.17, 15) is 0 Å². The lowest BCUT2D eigenvalue weighted by molar-refractivity contribution is 1.09. The first kappa shape index (κ1) is 19.7. The quantitative estimate of drug-likeness (QED) is 0.268. The van der Waals surface area contributed by atoms with Crippen molar-refractivity contribution in [3.8, 4) is 38.8 Å². The van der Waals surface area contributed by atoms with Gasteiger partial charge in [0.15, 0.2) is 0 Å². The van der Waals surface area contributed by atoms with E-state index in [1.807, 2.05) is 0 Å². The van der Waals surface area contributed by atoms with E-state index in [4.69, 9.17) is 4.98 Å². The van der Waals surface area contributed by atoms with Gasteiger partial charge in [-0.15, -0.1) is 11.3 Å². The molecule has 0 atom stereocenters. The average molecular weight is 443 g/mol. The van der Waals surface area contributed by atoms with E-state index in [1.54, 1.807) is 11.3 Å². The summed E-state index contributed by atoms with van der Waals surface area (Å²) in [6, 6.07) is 40.7. The summed E-state index contributed by atoms with van der Waals surface area (Å²) in [6.07, 6.45) is 0. The highest BCUT2D eigenvalue weighted by atomic mass is 32.1. The number of hydrogen-bond acceptors (Lipinski definition) is 2. The minimum absolute atomic E-state index is 1.04. The second-order valence-corrected chi connectivity index (χ2v) is 9.21. The van der Waals surface area contributed by atoms with Crippen molar-refractivity contribution in [3.05, 3.63) is 121 Å². The molecule has 0 aliphatic heterocycles. The van der Waals surface area contributed by atoms with Gasteiger partial charge in [-0.3, -0.25) is 0 Å². The molecular weight excluding hydrogens is 420 g/mol. The van der Waals surface area contributed by atoms with Gasteiger partial charge in [-0.25, -0.2) is 4.98 Å². The van der Waals surface area contributed by atoms with E-state index in [-0.39, 0.29) is 0 Å². The van der Waals surface area contributed by atoms with E-state index in [0.717, 1.165) is 33.2 Å². The molecular formula is C30H22N2S. The van der Waals surface area contributed by atoms with Crippen LogP contribution in [0.15, 0.2) is 115 Å². The second-order valence-electron chi connectivity index (χ2n) is 8.18. The fourth-order valence-electron chi connectivity index (χ4n) is 4.32. The van der Waals surface area contributed by atoms with Crippen molar-refractivity contribution in [1.29, 1.82) is 0 Å². The summed E-state index contributed by atoms with van der Waals surface area (Å²) in [6.45, 7) is 2.13. The lowest BCUT2D eigenvalue weighted by Crippen LogP contribution is -2.00. The third-order valence-corrected chi connectivity index (χ3v) is 7.00. The molecule has 2 aromatic heterocycles. The topological polar surface area (TPSA) is 17.8 Å². The molecule has 4 aromatic carbocycles. The van der Waals surface area contributed by atoms with Gasteiger partial charge in [0.25, 0.3) is 0 Å². The summed E-state index contributed by atoms with van der Waals surface area (Å²) in [7, 11) is 0. The molecule has 3 heteroatoms. The Labute approximate surface area is 197 Å². The molecule has 0 fully saturated rings. The van der Waals surface area contributed by atoms with Crippen LogP contribution >= 0.6 is 11.3 Å². The van der Waals surface area contributed by atoms with Crippen LogP contribution in [0.1, 0.15) is 5.56 Å². The maximum absolute atomic E-state index is 5.03. The molecule has 0 aliphatic carbocycles. The molecule has 2 heterocycles. The van der Waals surface area contributed by atoms with E-state index in [2.05, 4.69) is 127 Å². The molecule has 0 bridgehead atoms. The normalized spacial score (nSPS) is 11.2. The molecule has 33 heavy (non-hydrogen) atoms. The maximum Gasteiger partial charge on any atom is 0.126 e. The summed E-state index contributed by atoms with van der Waals surface area (Å²) < 4.78 is 3.58. The van der Waals surface area contributed by atoms with Crippen molar-refractivity contribution in [1.82, 2.24) is 9.55 Å². The molecule has 0 radical (unpaired) electrons. The van der Waals surface area contributed by atoms with E-state index in [0.29, 0.717) is 0 Å². The molecule has 0 amide bonds. The Hall–Kier alpha value is -3.95.